The molecule has 26 heavy (non-hydrogen) atoms. The fourth-order valence-corrected chi connectivity index (χ4v) is 3.00. The Kier molecular flexibility index (Phi) is 4.75. The Morgan fingerprint density at radius 3 is 2.38 bits per heavy atom. The van der Waals surface area contributed by atoms with Crippen LogP contribution in [0.15, 0.2) is 34.7 Å². The molecular weight excluding hydrogens is 336 g/mol. The number of carbonyl (C=O) groups is 1. The Bertz CT molecular complexity index is 953. The monoisotopic (exact) mass is 356 g/mol. The van der Waals surface area contributed by atoms with Gasteiger partial charge >= 0.3 is 5.97 Å². The number of aromatic hydroxyl groups is 1. The fraction of sp³-hybridized carbons (Fsp3) is 0.250. The van der Waals surface area contributed by atoms with Crippen LogP contribution in [0.1, 0.15) is 11.3 Å². The van der Waals surface area contributed by atoms with E-state index in [1.807, 2.05) is 13.0 Å². The number of phenolic OH excluding ortho intramolecular Hbond substituents is 1. The van der Waals surface area contributed by atoms with Gasteiger partial charge in [-0.25, -0.2) is 0 Å². The van der Waals surface area contributed by atoms with E-state index in [4.69, 9.17) is 18.6 Å². The maximum Gasteiger partial charge on any atom is 0.313 e. The zero-order valence-electron chi connectivity index (χ0n) is 15.1. The Hall–Kier alpha value is -3.15. The van der Waals surface area contributed by atoms with Gasteiger partial charge in [0.1, 0.15) is 23.7 Å². The first-order chi connectivity index (χ1) is 12.5. The van der Waals surface area contributed by atoms with Crippen molar-refractivity contribution in [1.82, 2.24) is 0 Å². The number of benzene rings is 2. The Morgan fingerprint density at radius 1 is 1.12 bits per heavy atom. The highest BCUT2D eigenvalue weighted by atomic mass is 16.5. The second-order valence-corrected chi connectivity index (χ2v) is 5.81. The molecule has 2 aromatic carbocycles. The van der Waals surface area contributed by atoms with Crippen LogP contribution in [-0.2, 0) is 16.0 Å². The smallest absolute Gasteiger partial charge is 0.313 e. The van der Waals surface area contributed by atoms with Crippen LogP contribution < -0.4 is 9.47 Å². The number of hydrogen-bond acceptors (Lipinski definition) is 6. The van der Waals surface area contributed by atoms with Gasteiger partial charge in [-0.05, 0) is 30.7 Å². The average Bonchev–Trinajstić information content (AvgIpc) is 2.97. The number of fused-ring (bicyclic) bond motifs is 1. The number of methoxy groups -OCH3 is 3. The SMILES string of the molecule is COC(=O)Cc1oc2c(OC)c(-c3ccc(O)cc3)cc(OC)c2c1C. The number of ether oxygens (including phenoxy) is 3. The second kappa shape index (κ2) is 7.00. The van der Waals surface area contributed by atoms with E-state index in [1.165, 1.54) is 7.11 Å². The minimum atomic E-state index is -0.385. The molecule has 0 spiro atoms. The lowest BCUT2D eigenvalue weighted by Gasteiger charge is -2.12. The van der Waals surface area contributed by atoms with Gasteiger partial charge < -0.3 is 23.7 Å². The van der Waals surface area contributed by atoms with Gasteiger partial charge in [-0.1, -0.05) is 12.1 Å². The van der Waals surface area contributed by atoms with Crippen LogP contribution in [0.2, 0.25) is 0 Å². The molecule has 0 aliphatic carbocycles. The molecule has 0 aliphatic heterocycles. The van der Waals surface area contributed by atoms with E-state index in [2.05, 4.69) is 0 Å². The van der Waals surface area contributed by atoms with Crippen molar-refractivity contribution in [3.63, 3.8) is 0 Å². The molecule has 3 rings (SSSR count). The topological polar surface area (TPSA) is 78.1 Å². The summed E-state index contributed by atoms with van der Waals surface area (Å²) >= 11 is 0. The zero-order chi connectivity index (χ0) is 18.8. The summed E-state index contributed by atoms with van der Waals surface area (Å²) < 4.78 is 21.9. The average molecular weight is 356 g/mol. The van der Waals surface area contributed by atoms with Crippen LogP contribution >= 0.6 is 0 Å². The minimum Gasteiger partial charge on any atom is -0.508 e. The summed E-state index contributed by atoms with van der Waals surface area (Å²) in [4.78, 5) is 11.7. The van der Waals surface area contributed by atoms with E-state index in [1.54, 1.807) is 38.5 Å². The summed E-state index contributed by atoms with van der Waals surface area (Å²) in [6.07, 6.45) is 0.0257. The number of carbonyl (C=O) groups excluding carboxylic acids is 1. The largest absolute Gasteiger partial charge is 0.508 e. The standard InChI is InChI=1S/C20H20O6/c1-11-15(10-17(22)24-3)26-20-18(11)16(23-2)9-14(19(20)25-4)12-5-7-13(21)8-6-12/h5-9,21H,10H2,1-4H3. The van der Waals surface area contributed by atoms with Crippen LogP contribution in [0.3, 0.4) is 0 Å². The molecule has 0 unspecified atom stereocenters. The summed E-state index contributed by atoms with van der Waals surface area (Å²) in [6, 6.07) is 8.62. The van der Waals surface area contributed by atoms with Crippen LogP contribution in [0, 0.1) is 6.92 Å². The van der Waals surface area contributed by atoms with Crippen LogP contribution in [0.4, 0.5) is 0 Å². The van der Waals surface area contributed by atoms with Crippen molar-refractivity contribution in [2.24, 2.45) is 0 Å². The normalized spacial score (nSPS) is 10.8. The lowest BCUT2D eigenvalue weighted by atomic mass is 10.0. The van der Waals surface area contributed by atoms with E-state index in [0.717, 1.165) is 22.1 Å². The third-order valence-electron chi connectivity index (χ3n) is 4.35. The molecular formula is C20H20O6. The molecule has 0 radical (unpaired) electrons. The van der Waals surface area contributed by atoms with E-state index in [0.29, 0.717) is 22.8 Å². The van der Waals surface area contributed by atoms with Gasteiger partial charge in [0.05, 0.1) is 26.7 Å². The van der Waals surface area contributed by atoms with Gasteiger partial charge in [-0.15, -0.1) is 0 Å². The fourth-order valence-electron chi connectivity index (χ4n) is 3.00. The highest BCUT2D eigenvalue weighted by Gasteiger charge is 2.24. The van der Waals surface area contributed by atoms with Crippen molar-refractivity contribution in [1.29, 1.82) is 0 Å². The van der Waals surface area contributed by atoms with Crippen molar-refractivity contribution < 1.29 is 28.5 Å². The van der Waals surface area contributed by atoms with E-state index in [-0.39, 0.29) is 18.1 Å². The Labute approximate surface area is 150 Å². The quantitative estimate of drug-likeness (QED) is 0.700. The van der Waals surface area contributed by atoms with Gasteiger partial charge in [0, 0.05) is 11.1 Å². The van der Waals surface area contributed by atoms with Gasteiger partial charge in [-0.3, -0.25) is 4.79 Å². The molecule has 6 heteroatoms. The first-order valence-corrected chi connectivity index (χ1v) is 8.03. The number of rotatable bonds is 5. The number of esters is 1. The second-order valence-electron chi connectivity index (χ2n) is 5.81. The molecule has 0 saturated carbocycles. The first kappa shape index (κ1) is 17.7. The van der Waals surface area contributed by atoms with Gasteiger partial charge in [0.15, 0.2) is 11.3 Å². The van der Waals surface area contributed by atoms with Crippen LogP contribution in [0.5, 0.6) is 17.2 Å². The molecule has 0 fully saturated rings. The molecule has 1 aromatic heterocycles. The van der Waals surface area contributed by atoms with Crippen molar-refractivity contribution in [2.75, 3.05) is 21.3 Å². The molecule has 0 amide bonds. The van der Waals surface area contributed by atoms with Crippen molar-refractivity contribution in [3.05, 3.63) is 41.7 Å². The highest BCUT2D eigenvalue weighted by Crippen LogP contribution is 2.45. The highest BCUT2D eigenvalue weighted by molar-refractivity contribution is 5.99. The van der Waals surface area contributed by atoms with E-state index < -0.39 is 0 Å². The first-order valence-electron chi connectivity index (χ1n) is 8.03. The zero-order valence-corrected chi connectivity index (χ0v) is 15.1. The maximum absolute atomic E-state index is 11.7. The summed E-state index contributed by atoms with van der Waals surface area (Å²) in [5.74, 6) is 1.44. The summed E-state index contributed by atoms with van der Waals surface area (Å²) in [7, 11) is 4.47. The molecule has 1 N–H and O–H groups in total. The number of hydrogen-bond donors (Lipinski definition) is 1. The minimum absolute atomic E-state index is 0.0257. The summed E-state index contributed by atoms with van der Waals surface area (Å²) in [5, 5.41) is 10.3. The van der Waals surface area contributed by atoms with E-state index in [9.17, 15) is 9.90 Å². The number of aryl methyl sites for hydroxylation is 1. The van der Waals surface area contributed by atoms with Crippen LogP contribution in [-0.4, -0.2) is 32.4 Å². The van der Waals surface area contributed by atoms with Gasteiger partial charge in [0.25, 0.3) is 0 Å². The van der Waals surface area contributed by atoms with Crippen molar-refractivity contribution >= 4 is 16.9 Å². The molecule has 6 nitrogen and oxygen atoms in total. The predicted octanol–water partition coefficient (Wildman–Crippen LogP) is 3.85. The van der Waals surface area contributed by atoms with Crippen LogP contribution in [0.25, 0.3) is 22.1 Å². The Morgan fingerprint density at radius 2 is 1.81 bits per heavy atom. The predicted molar refractivity (Wildman–Crippen MR) is 96.9 cm³/mol. The maximum atomic E-state index is 11.7. The van der Waals surface area contributed by atoms with E-state index >= 15 is 0 Å². The lowest BCUT2D eigenvalue weighted by Crippen LogP contribution is -2.04. The third-order valence-corrected chi connectivity index (χ3v) is 4.35. The number of phenols is 1. The number of furan rings is 1. The summed E-state index contributed by atoms with van der Waals surface area (Å²) in [6.45, 7) is 1.87. The van der Waals surface area contributed by atoms with Gasteiger partial charge in [0.2, 0.25) is 0 Å². The van der Waals surface area contributed by atoms with Crippen molar-refractivity contribution in [3.8, 4) is 28.4 Å². The summed E-state index contributed by atoms with van der Waals surface area (Å²) in [5.41, 5.74) is 2.91. The van der Waals surface area contributed by atoms with Crippen molar-refractivity contribution in [2.45, 2.75) is 13.3 Å². The molecule has 3 aromatic rings. The molecule has 1 heterocycles. The molecule has 0 atom stereocenters. The molecule has 0 bridgehead atoms. The molecule has 136 valence electrons. The third kappa shape index (κ3) is 2.94. The molecule has 0 saturated heterocycles. The molecule has 0 aliphatic rings. The lowest BCUT2D eigenvalue weighted by molar-refractivity contribution is -0.140. The Balaban J connectivity index is 2.28. The van der Waals surface area contributed by atoms with Gasteiger partial charge in [-0.2, -0.15) is 0 Å².